The van der Waals surface area contributed by atoms with Crippen LogP contribution in [0.25, 0.3) is 0 Å². The molecule has 1 amide bonds. The molecule has 0 fully saturated rings. The Morgan fingerprint density at radius 1 is 0.438 bits per heavy atom. The van der Waals surface area contributed by atoms with E-state index >= 15 is 0 Å². The summed E-state index contributed by atoms with van der Waals surface area (Å²) in [6.45, 7) is 4.16. The summed E-state index contributed by atoms with van der Waals surface area (Å²) in [6.07, 6.45) is 43.8. The molecule has 4 N–H and O–H groups in total. The number of carbonyl (C=O) groups is 1. The molecule has 0 aliphatic carbocycles. The van der Waals surface area contributed by atoms with Crippen molar-refractivity contribution in [3.8, 4) is 0 Å². The van der Waals surface area contributed by atoms with E-state index in [0.717, 1.165) is 38.5 Å². The second kappa shape index (κ2) is 39.1. The Labute approximate surface area is 300 Å². The highest BCUT2D eigenvalue weighted by Gasteiger charge is 2.26. The fourth-order valence-corrected chi connectivity index (χ4v) is 7.05. The van der Waals surface area contributed by atoms with E-state index in [2.05, 4.69) is 19.2 Å². The number of aliphatic hydroxyl groups excluding tert-OH is 3. The number of hydrogen-bond donors (Lipinski definition) is 4. The largest absolute Gasteiger partial charge is 0.394 e. The quantitative estimate of drug-likeness (QED) is 0.0485. The Balaban J connectivity index is 3.46. The zero-order valence-electron chi connectivity index (χ0n) is 32.6. The van der Waals surface area contributed by atoms with E-state index in [-0.39, 0.29) is 12.5 Å². The van der Waals surface area contributed by atoms with Gasteiger partial charge in [-0.2, -0.15) is 0 Å². The fraction of sp³-hybridized carbons (Fsp3) is 0.977. The Kier molecular flexibility index (Phi) is 38.6. The van der Waals surface area contributed by atoms with Gasteiger partial charge in [0, 0.05) is 6.42 Å². The highest BCUT2D eigenvalue weighted by Crippen LogP contribution is 2.17. The average molecular weight is 682 g/mol. The maximum Gasteiger partial charge on any atom is 0.220 e. The van der Waals surface area contributed by atoms with Crippen molar-refractivity contribution in [3.63, 3.8) is 0 Å². The molecule has 0 heterocycles. The number of amides is 1. The van der Waals surface area contributed by atoms with Crippen molar-refractivity contribution >= 4 is 5.91 Å². The van der Waals surface area contributed by atoms with Gasteiger partial charge in [-0.1, -0.05) is 226 Å². The molecule has 0 aromatic rings. The van der Waals surface area contributed by atoms with Crippen molar-refractivity contribution in [1.29, 1.82) is 0 Å². The predicted molar refractivity (Wildman–Crippen MR) is 209 cm³/mol. The van der Waals surface area contributed by atoms with Crippen LogP contribution in [0, 0.1) is 0 Å². The summed E-state index contributed by atoms with van der Waals surface area (Å²) >= 11 is 0. The van der Waals surface area contributed by atoms with Crippen LogP contribution in [0.2, 0.25) is 0 Å². The zero-order valence-corrected chi connectivity index (χ0v) is 32.6. The van der Waals surface area contributed by atoms with Crippen LogP contribution in [0.15, 0.2) is 0 Å². The van der Waals surface area contributed by atoms with Crippen molar-refractivity contribution in [2.24, 2.45) is 0 Å². The molecule has 0 aliphatic heterocycles. The van der Waals surface area contributed by atoms with Crippen LogP contribution in [-0.2, 0) is 4.79 Å². The number of rotatable bonds is 40. The fourth-order valence-electron chi connectivity index (χ4n) is 7.05. The number of hydrogen-bond acceptors (Lipinski definition) is 4. The van der Waals surface area contributed by atoms with Crippen LogP contribution in [0.4, 0.5) is 0 Å². The molecular formula is C43H87NO4. The van der Waals surface area contributed by atoms with Crippen LogP contribution in [0.5, 0.6) is 0 Å². The Bertz CT molecular complexity index is 630. The molecule has 3 atom stereocenters. The van der Waals surface area contributed by atoms with Gasteiger partial charge in [-0.15, -0.1) is 0 Å². The van der Waals surface area contributed by atoms with Gasteiger partial charge >= 0.3 is 0 Å². The van der Waals surface area contributed by atoms with Crippen molar-refractivity contribution in [3.05, 3.63) is 0 Å². The Morgan fingerprint density at radius 2 is 0.708 bits per heavy atom. The summed E-state index contributed by atoms with van der Waals surface area (Å²) < 4.78 is 0. The summed E-state index contributed by atoms with van der Waals surface area (Å²) in [5, 5.41) is 33.3. The molecule has 0 aromatic heterocycles. The molecule has 5 nitrogen and oxygen atoms in total. The average Bonchev–Trinajstić information content (AvgIpc) is 3.09. The molecule has 0 saturated heterocycles. The summed E-state index contributed by atoms with van der Waals surface area (Å²) in [7, 11) is 0. The SMILES string of the molecule is CCCCCCCCCCCCCCCCCCCCCCCCCCCCC(=O)NC(CO)C(O)C(O)CCCCCCCCCC. The molecule has 0 radical (unpaired) electrons. The third kappa shape index (κ3) is 33.8. The third-order valence-corrected chi connectivity index (χ3v) is 10.5. The van der Waals surface area contributed by atoms with Gasteiger partial charge in [-0.25, -0.2) is 0 Å². The minimum Gasteiger partial charge on any atom is -0.394 e. The lowest BCUT2D eigenvalue weighted by Crippen LogP contribution is -2.50. The monoisotopic (exact) mass is 682 g/mol. The maximum absolute atomic E-state index is 12.4. The lowest BCUT2D eigenvalue weighted by molar-refractivity contribution is -0.124. The van der Waals surface area contributed by atoms with Crippen LogP contribution in [-0.4, -0.2) is 46.1 Å². The predicted octanol–water partition coefficient (Wildman–Crippen LogP) is 12.3. The van der Waals surface area contributed by atoms with Crippen LogP contribution >= 0.6 is 0 Å². The molecule has 0 saturated carbocycles. The first-order valence-corrected chi connectivity index (χ1v) is 21.8. The lowest BCUT2D eigenvalue weighted by Gasteiger charge is -2.26. The van der Waals surface area contributed by atoms with Crippen LogP contribution in [0.1, 0.15) is 245 Å². The molecule has 0 rings (SSSR count). The zero-order chi connectivity index (χ0) is 35.2. The van der Waals surface area contributed by atoms with Gasteiger partial charge < -0.3 is 20.6 Å². The molecule has 5 heteroatoms. The van der Waals surface area contributed by atoms with Crippen molar-refractivity contribution in [1.82, 2.24) is 5.32 Å². The highest BCUT2D eigenvalue weighted by molar-refractivity contribution is 5.76. The molecule has 0 spiro atoms. The third-order valence-electron chi connectivity index (χ3n) is 10.5. The number of aliphatic hydroxyl groups is 3. The topological polar surface area (TPSA) is 89.8 Å². The lowest BCUT2D eigenvalue weighted by atomic mass is 9.99. The first kappa shape index (κ1) is 47.4. The van der Waals surface area contributed by atoms with Crippen LogP contribution in [0.3, 0.4) is 0 Å². The first-order chi connectivity index (χ1) is 23.6. The molecule has 0 aromatic carbocycles. The maximum atomic E-state index is 12.4. The second-order valence-electron chi connectivity index (χ2n) is 15.3. The van der Waals surface area contributed by atoms with E-state index in [0.29, 0.717) is 12.8 Å². The molecule has 0 bridgehead atoms. The van der Waals surface area contributed by atoms with E-state index < -0.39 is 18.2 Å². The summed E-state index contributed by atoms with van der Waals surface area (Å²) in [5.74, 6) is -0.142. The number of unbranched alkanes of at least 4 members (excludes halogenated alkanes) is 32. The molecule has 48 heavy (non-hydrogen) atoms. The smallest absolute Gasteiger partial charge is 0.220 e. The first-order valence-electron chi connectivity index (χ1n) is 21.8. The van der Waals surface area contributed by atoms with Gasteiger partial charge in [0.05, 0.1) is 18.8 Å². The van der Waals surface area contributed by atoms with Gasteiger partial charge in [0.1, 0.15) is 6.10 Å². The van der Waals surface area contributed by atoms with Gasteiger partial charge in [0.2, 0.25) is 5.91 Å². The van der Waals surface area contributed by atoms with Crippen molar-refractivity contribution in [2.75, 3.05) is 6.61 Å². The van der Waals surface area contributed by atoms with Gasteiger partial charge in [0.15, 0.2) is 0 Å². The van der Waals surface area contributed by atoms with Gasteiger partial charge in [-0.3, -0.25) is 4.79 Å². The highest BCUT2D eigenvalue weighted by atomic mass is 16.3. The van der Waals surface area contributed by atoms with Crippen molar-refractivity contribution < 1.29 is 20.1 Å². The molecule has 3 unspecified atom stereocenters. The van der Waals surface area contributed by atoms with E-state index in [1.807, 2.05) is 0 Å². The Morgan fingerprint density at radius 3 is 1.00 bits per heavy atom. The Hall–Kier alpha value is -0.650. The van der Waals surface area contributed by atoms with Crippen LogP contribution < -0.4 is 5.32 Å². The molecule has 288 valence electrons. The minimum absolute atomic E-state index is 0.142. The molecule has 0 aliphatic rings. The standard InChI is InChI=1S/C43H87NO4/c1-3-5-7-9-11-13-14-15-16-17-18-19-20-21-22-23-24-25-26-27-28-29-30-32-34-36-38-42(47)44-40(39-45)43(48)41(46)37-35-33-31-12-10-8-6-4-2/h40-41,43,45-46,48H,3-39H2,1-2H3,(H,44,47). The number of nitrogens with one attached hydrogen (secondary N) is 1. The normalized spacial score (nSPS) is 13.5. The number of carbonyl (C=O) groups excluding carboxylic acids is 1. The van der Waals surface area contributed by atoms with E-state index in [9.17, 15) is 20.1 Å². The minimum atomic E-state index is -1.13. The van der Waals surface area contributed by atoms with E-state index in [1.54, 1.807) is 0 Å². The van der Waals surface area contributed by atoms with Gasteiger partial charge in [0.25, 0.3) is 0 Å². The molecular weight excluding hydrogens is 594 g/mol. The summed E-state index contributed by atoms with van der Waals surface area (Å²) in [6, 6.07) is -0.800. The van der Waals surface area contributed by atoms with Crippen molar-refractivity contribution in [2.45, 2.75) is 263 Å². The van der Waals surface area contributed by atoms with E-state index in [4.69, 9.17) is 0 Å². The summed E-state index contributed by atoms with van der Waals surface area (Å²) in [4.78, 5) is 12.4. The summed E-state index contributed by atoms with van der Waals surface area (Å²) in [5.41, 5.74) is 0. The van der Waals surface area contributed by atoms with E-state index in [1.165, 1.54) is 180 Å². The second-order valence-corrected chi connectivity index (χ2v) is 15.3. The van der Waals surface area contributed by atoms with Gasteiger partial charge in [-0.05, 0) is 12.8 Å².